The zero-order chi connectivity index (χ0) is 15.9. The summed E-state index contributed by atoms with van der Waals surface area (Å²) in [5.74, 6) is 0.208. The summed E-state index contributed by atoms with van der Waals surface area (Å²) in [6, 6.07) is 6.70. The summed E-state index contributed by atoms with van der Waals surface area (Å²) in [7, 11) is 1.24. The summed E-state index contributed by atoms with van der Waals surface area (Å²) in [6.07, 6.45) is 0.617. The van der Waals surface area contributed by atoms with Gasteiger partial charge in [-0.15, -0.1) is 0 Å². The van der Waals surface area contributed by atoms with E-state index in [9.17, 15) is 9.59 Å². The van der Waals surface area contributed by atoms with Crippen LogP contribution in [0, 0.1) is 0 Å². The summed E-state index contributed by atoms with van der Waals surface area (Å²) in [5, 5.41) is 8.86. The Kier molecular flexibility index (Phi) is 5.07. The molecule has 0 fully saturated rings. The van der Waals surface area contributed by atoms with E-state index < -0.39 is 12.1 Å². The number of aromatic nitrogens is 2. The van der Waals surface area contributed by atoms with Gasteiger partial charge < -0.3 is 19.9 Å². The van der Waals surface area contributed by atoms with Crippen molar-refractivity contribution in [2.45, 2.75) is 19.5 Å². The minimum Gasteiger partial charge on any atom is -0.453 e. The Hall–Kier alpha value is -2.90. The van der Waals surface area contributed by atoms with Crippen molar-refractivity contribution >= 4 is 12.0 Å². The molecule has 0 bridgehead atoms. The molecule has 2 N–H and O–H groups in total. The number of carbonyl (C=O) groups excluding carboxylic acids is 2. The van der Waals surface area contributed by atoms with Crippen LogP contribution in [-0.2, 0) is 16.1 Å². The normalized spacial score (nSPS) is 11.5. The van der Waals surface area contributed by atoms with Gasteiger partial charge in [-0.1, -0.05) is 29.4 Å². The number of ether oxygens (including phenoxy) is 1. The van der Waals surface area contributed by atoms with E-state index in [2.05, 4.69) is 30.0 Å². The number of carbonyl (C=O) groups is 2. The monoisotopic (exact) mass is 304 g/mol. The molecule has 8 heteroatoms. The largest absolute Gasteiger partial charge is 0.453 e. The first-order valence-corrected chi connectivity index (χ1v) is 6.58. The standard InChI is InChI=1S/C14H16N4O4/c1-9(17-14(20)21-2)13(19)15-7-10-3-5-11(6-4-10)12-16-8-22-18-12/h3-6,8-9H,7H2,1-2H3,(H,15,19)(H,17,20)/t9-/m1/s1. The maximum Gasteiger partial charge on any atom is 0.407 e. The zero-order valence-corrected chi connectivity index (χ0v) is 12.2. The van der Waals surface area contributed by atoms with Crippen molar-refractivity contribution in [3.63, 3.8) is 0 Å². The van der Waals surface area contributed by atoms with Crippen LogP contribution in [0.15, 0.2) is 35.2 Å². The first-order valence-electron chi connectivity index (χ1n) is 6.58. The van der Waals surface area contributed by atoms with Crippen LogP contribution in [0.2, 0.25) is 0 Å². The predicted octanol–water partition coefficient (Wildman–Crippen LogP) is 1.10. The number of nitrogens with one attached hydrogen (secondary N) is 2. The maximum atomic E-state index is 11.8. The van der Waals surface area contributed by atoms with Crippen LogP contribution in [0.3, 0.4) is 0 Å². The van der Waals surface area contributed by atoms with E-state index in [1.165, 1.54) is 13.5 Å². The van der Waals surface area contributed by atoms with Gasteiger partial charge in [-0.05, 0) is 12.5 Å². The molecule has 0 aliphatic carbocycles. The minimum absolute atomic E-state index is 0.298. The van der Waals surface area contributed by atoms with Gasteiger partial charge in [-0.2, -0.15) is 4.98 Å². The number of amides is 2. The molecule has 1 aromatic heterocycles. The first kappa shape index (κ1) is 15.5. The molecule has 0 aliphatic rings. The molecule has 0 unspecified atom stereocenters. The summed E-state index contributed by atoms with van der Waals surface area (Å²) in [4.78, 5) is 26.8. The summed E-state index contributed by atoms with van der Waals surface area (Å²) >= 11 is 0. The fourth-order valence-electron chi connectivity index (χ4n) is 1.71. The highest BCUT2D eigenvalue weighted by Gasteiger charge is 2.15. The number of hydrogen-bond donors (Lipinski definition) is 2. The second-order valence-corrected chi connectivity index (χ2v) is 4.53. The van der Waals surface area contributed by atoms with Crippen molar-refractivity contribution in [1.82, 2.24) is 20.8 Å². The Labute approximate surface area is 126 Å². The van der Waals surface area contributed by atoms with Crippen LogP contribution < -0.4 is 10.6 Å². The number of nitrogens with zero attached hydrogens (tertiary/aromatic N) is 2. The van der Waals surface area contributed by atoms with Gasteiger partial charge in [0.2, 0.25) is 18.1 Å². The topological polar surface area (TPSA) is 106 Å². The smallest absolute Gasteiger partial charge is 0.407 e. The minimum atomic E-state index is -0.675. The van der Waals surface area contributed by atoms with E-state index in [-0.39, 0.29) is 5.91 Å². The van der Waals surface area contributed by atoms with Crippen LogP contribution in [0.5, 0.6) is 0 Å². The van der Waals surface area contributed by atoms with Gasteiger partial charge >= 0.3 is 6.09 Å². The van der Waals surface area contributed by atoms with Gasteiger partial charge in [0, 0.05) is 12.1 Å². The van der Waals surface area contributed by atoms with Crippen molar-refractivity contribution in [3.8, 4) is 11.4 Å². The summed E-state index contributed by atoms with van der Waals surface area (Å²) in [6.45, 7) is 1.92. The van der Waals surface area contributed by atoms with Crippen molar-refractivity contribution in [1.29, 1.82) is 0 Å². The highest BCUT2D eigenvalue weighted by Crippen LogP contribution is 2.14. The lowest BCUT2D eigenvalue weighted by atomic mass is 10.1. The molecule has 1 atom stereocenters. The Morgan fingerprint density at radius 3 is 2.64 bits per heavy atom. The van der Waals surface area contributed by atoms with Gasteiger partial charge in [-0.3, -0.25) is 4.79 Å². The molecule has 0 saturated carbocycles. The lowest BCUT2D eigenvalue weighted by molar-refractivity contribution is -0.122. The van der Waals surface area contributed by atoms with E-state index in [4.69, 9.17) is 0 Å². The first-order chi connectivity index (χ1) is 10.6. The lowest BCUT2D eigenvalue weighted by Gasteiger charge is -2.13. The molecule has 2 amide bonds. The number of hydrogen-bond acceptors (Lipinski definition) is 6. The van der Waals surface area contributed by atoms with Crippen LogP contribution >= 0.6 is 0 Å². The Balaban J connectivity index is 1.86. The predicted molar refractivity (Wildman–Crippen MR) is 76.6 cm³/mol. The molecule has 2 aromatic rings. The van der Waals surface area contributed by atoms with Gasteiger partial charge in [0.15, 0.2) is 0 Å². The third kappa shape index (κ3) is 4.05. The van der Waals surface area contributed by atoms with Gasteiger partial charge in [0.1, 0.15) is 6.04 Å². The zero-order valence-electron chi connectivity index (χ0n) is 12.2. The third-order valence-electron chi connectivity index (χ3n) is 2.95. The van der Waals surface area contributed by atoms with Crippen LogP contribution in [-0.4, -0.2) is 35.3 Å². The molecule has 8 nitrogen and oxygen atoms in total. The molecule has 0 radical (unpaired) electrons. The fraction of sp³-hybridized carbons (Fsp3) is 0.286. The van der Waals surface area contributed by atoms with Crippen molar-refractivity contribution in [2.24, 2.45) is 0 Å². The van der Waals surface area contributed by atoms with Crippen LogP contribution in [0.1, 0.15) is 12.5 Å². The van der Waals surface area contributed by atoms with E-state index in [0.29, 0.717) is 12.4 Å². The quantitative estimate of drug-likeness (QED) is 0.856. The van der Waals surface area contributed by atoms with Crippen LogP contribution in [0.4, 0.5) is 4.79 Å². The molecule has 0 aliphatic heterocycles. The molecule has 22 heavy (non-hydrogen) atoms. The number of benzene rings is 1. The third-order valence-corrected chi connectivity index (χ3v) is 2.95. The number of rotatable bonds is 5. The SMILES string of the molecule is COC(=O)N[C@H](C)C(=O)NCc1ccc(-c2ncon2)cc1. The van der Waals surface area contributed by atoms with Gasteiger partial charge in [0.25, 0.3) is 0 Å². The Morgan fingerprint density at radius 2 is 2.05 bits per heavy atom. The summed E-state index contributed by atoms with van der Waals surface area (Å²) < 4.78 is 9.12. The average molecular weight is 304 g/mol. The molecule has 116 valence electrons. The summed E-state index contributed by atoms with van der Waals surface area (Å²) in [5.41, 5.74) is 1.73. The Bertz CT molecular complexity index is 625. The highest BCUT2D eigenvalue weighted by molar-refractivity contribution is 5.85. The lowest BCUT2D eigenvalue weighted by Crippen LogP contribution is -2.44. The molecule has 1 heterocycles. The molecule has 1 aromatic carbocycles. The molecular formula is C14H16N4O4. The number of alkyl carbamates (subject to hydrolysis) is 1. The van der Waals surface area contributed by atoms with E-state index in [1.807, 2.05) is 24.3 Å². The average Bonchev–Trinajstić information content (AvgIpc) is 3.07. The van der Waals surface area contributed by atoms with Gasteiger partial charge in [0.05, 0.1) is 7.11 Å². The second kappa shape index (κ2) is 7.21. The molecule has 2 rings (SSSR count). The van der Waals surface area contributed by atoms with Crippen molar-refractivity contribution in [3.05, 3.63) is 36.2 Å². The molecule has 0 spiro atoms. The Morgan fingerprint density at radius 1 is 1.32 bits per heavy atom. The highest BCUT2D eigenvalue weighted by atomic mass is 16.5. The van der Waals surface area contributed by atoms with Gasteiger partial charge in [-0.25, -0.2) is 4.79 Å². The maximum absolute atomic E-state index is 11.8. The fourth-order valence-corrected chi connectivity index (χ4v) is 1.71. The molecular weight excluding hydrogens is 288 g/mol. The van der Waals surface area contributed by atoms with Crippen LogP contribution in [0.25, 0.3) is 11.4 Å². The van der Waals surface area contributed by atoms with Crippen molar-refractivity contribution < 1.29 is 18.8 Å². The second-order valence-electron chi connectivity index (χ2n) is 4.53. The van der Waals surface area contributed by atoms with Crippen molar-refractivity contribution in [2.75, 3.05) is 7.11 Å². The van der Waals surface area contributed by atoms with E-state index >= 15 is 0 Å². The van der Waals surface area contributed by atoms with E-state index in [1.54, 1.807) is 6.92 Å². The number of methoxy groups -OCH3 is 1. The van der Waals surface area contributed by atoms with E-state index in [0.717, 1.165) is 11.1 Å². The molecule has 0 saturated heterocycles.